The van der Waals surface area contributed by atoms with Gasteiger partial charge in [0.1, 0.15) is 0 Å². The first-order chi connectivity index (χ1) is 9.04. The van der Waals surface area contributed by atoms with Crippen molar-refractivity contribution < 1.29 is 0 Å². The molecule has 0 fully saturated rings. The number of nitrogens with zero attached hydrogens (tertiary/aromatic N) is 1. The number of halogens is 2. The van der Waals surface area contributed by atoms with Crippen molar-refractivity contribution >= 4 is 23.2 Å². The van der Waals surface area contributed by atoms with Crippen LogP contribution in [0.25, 0.3) is 0 Å². The molecule has 19 heavy (non-hydrogen) atoms. The van der Waals surface area contributed by atoms with Crippen molar-refractivity contribution in [3.05, 3.63) is 33.8 Å². The number of hydrogen-bond donors (Lipinski definition) is 1. The zero-order valence-electron chi connectivity index (χ0n) is 12.0. The Morgan fingerprint density at radius 3 is 2.47 bits per heavy atom. The lowest BCUT2D eigenvalue weighted by atomic mass is 10.0. The van der Waals surface area contributed by atoms with E-state index in [0.29, 0.717) is 16.1 Å². The summed E-state index contributed by atoms with van der Waals surface area (Å²) in [6.45, 7) is 4.36. The van der Waals surface area contributed by atoms with Crippen LogP contribution in [0, 0.1) is 0 Å². The van der Waals surface area contributed by atoms with Gasteiger partial charge in [-0.25, -0.2) is 0 Å². The topological polar surface area (TPSA) is 15.3 Å². The molecule has 0 aromatic heterocycles. The van der Waals surface area contributed by atoms with Crippen LogP contribution in [-0.4, -0.2) is 32.1 Å². The summed E-state index contributed by atoms with van der Waals surface area (Å²) in [4.78, 5) is 2.22. The molecule has 0 aliphatic rings. The molecule has 1 rings (SSSR count). The van der Waals surface area contributed by atoms with Gasteiger partial charge in [-0.3, -0.25) is 0 Å². The molecule has 2 nitrogen and oxygen atoms in total. The van der Waals surface area contributed by atoms with Crippen LogP contribution < -0.4 is 5.32 Å². The lowest BCUT2D eigenvalue weighted by molar-refractivity contribution is 0.387. The lowest BCUT2D eigenvalue weighted by Crippen LogP contribution is -2.23. The molecule has 1 unspecified atom stereocenters. The Bertz CT molecular complexity index is 380. The van der Waals surface area contributed by atoms with Crippen LogP contribution in [0.5, 0.6) is 0 Å². The molecule has 0 saturated heterocycles. The van der Waals surface area contributed by atoms with Gasteiger partial charge in [-0.15, -0.1) is 0 Å². The lowest BCUT2D eigenvalue weighted by Gasteiger charge is -2.18. The minimum absolute atomic E-state index is 0.356. The first kappa shape index (κ1) is 16.8. The predicted octanol–water partition coefficient (Wildman–Crippen LogP) is 4.38. The third kappa shape index (κ3) is 6.13. The third-order valence-corrected chi connectivity index (χ3v) is 3.92. The number of benzene rings is 1. The van der Waals surface area contributed by atoms with Crippen molar-refractivity contribution in [1.82, 2.24) is 10.2 Å². The number of hydrogen-bond acceptors (Lipinski definition) is 2. The molecule has 0 heterocycles. The average molecular weight is 303 g/mol. The average Bonchev–Trinajstić information content (AvgIpc) is 2.37. The summed E-state index contributed by atoms with van der Waals surface area (Å²) in [5.74, 6) is 0. The second-order valence-corrected chi connectivity index (χ2v) is 5.91. The van der Waals surface area contributed by atoms with Gasteiger partial charge >= 0.3 is 0 Å². The second kappa shape index (κ2) is 8.80. The maximum atomic E-state index is 6.07. The van der Waals surface area contributed by atoms with E-state index in [9.17, 15) is 0 Å². The van der Waals surface area contributed by atoms with Crippen molar-refractivity contribution in [1.29, 1.82) is 0 Å². The van der Waals surface area contributed by atoms with Crippen molar-refractivity contribution in [2.45, 2.75) is 32.2 Å². The highest BCUT2D eigenvalue weighted by molar-refractivity contribution is 6.42. The van der Waals surface area contributed by atoms with Crippen LogP contribution >= 0.6 is 23.2 Å². The van der Waals surface area contributed by atoms with E-state index in [1.807, 2.05) is 12.1 Å². The summed E-state index contributed by atoms with van der Waals surface area (Å²) >= 11 is 12.0. The second-order valence-electron chi connectivity index (χ2n) is 5.10. The first-order valence-corrected chi connectivity index (χ1v) is 7.63. The van der Waals surface area contributed by atoms with Crippen molar-refractivity contribution in [2.24, 2.45) is 0 Å². The maximum Gasteiger partial charge on any atom is 0.0595 e. The Kier molecular flexibility index (Phi) is 7.77. The summed E-state index contributed by atoms with van der Waals surface area (Å²) in [7, 11) is 4.22. The van der Waals surface area contributed by atoms with E-state index in [0.717, 1.165) is 19.5 Å². The van der Waals surface area contributed by atoms with Gasteiger partial charge in [-0.1, -0.05) is 36.2 Å². The van der Waals surface area contributed by atoms with Gasteiger partial charge in [0.05, 0.1) is 10.0 Å². The van der Waals surface area contributed by atoms with Crippen LogP contribution in [0.2, 0.25) is 10.0 Å². The van der Waals surface area contributed by atoms with E-state index in [1.165, 1.54) is 18.4 Å². The number of nitrogens with one attached hydrogen (secondary N) is 1. The van der Waals surface area contributed by atoms with Crippen molar-refractivity contribution in [3.8, 4) is 0 Å². The quantitative estimate of drug-likeness (QED) is 0.717. The Hall–Kier alpha value is -0.280. The Morgan fingerprint density at radius 2 is 1.89 bits per heavy atom. The molecular formula is C15H24Cl2N2. The minimum Gasteiger partial charge on any atom is -0.310 e. The minimum atomic E-state index is 0.356. The van der Waals surface area contributed by atoms with E-state index in [-0.39, 0.29) is 0 Å². The molecule has 1 aromatic rings. The van der Waals surface area contributed by atoms with Gasteiger partial charge in [0.15, 0.2) is 0 Å². The molecule has 1 atom stereocenters. The van der Waals surface area contributed by atoms with E-state index < -0.39 is 0 Å². The molecule has 0 amide bonds. The van der Waals surface area contributed by atoms with Crippen molar-refractivity contribution in [3.63, 3.8) is 0 Å². The molecule has 0 spiro atoms. The SMILES string of the molecule is CCC(NCCCCN(C)C)c1ccc(Cl)c(Cl)c1. The monoisotopic (exact) mass is 302 g/mol. The van der Waals surface area contributed by atoms with Gasteiger partial charge in [0.2, 0.25) is 0 Å². The zero-order chi connectivity index (χ0) is 14.3. The highest BCUT2D eigenvalue weighted by atomic mass is 35.5. The fraction of sp³-hybridized carbons (Fsp3) is 0.600. The van der Waals surface area contributed by atoms with Crippen LogP contribution in [0.3, 0.4) is 0 Å². The van der Waals surface area contributed by atoms with E-state index in [4.69, 9.17) is 23.2 Å². The van der Waals surface area contributed by atoms with Gasteiger partial charge in [-0.2, -0.15) is 0 Å². The van der Waals surface area contributed by atoms with E-state index in [2.05, 4.69) is 37.3 Å². The Morgan fingerprint density at radius 1 is 1.16 bits per heavy atom. The predicted molar refractivity (Wildman–Crippen MR) is 85.3 cm³/mol. The standard InChI is InChI=1S/C15H24Cl2N2/c1-4-15(18-9-5-6-10-19(2)3)12-7-8-13(16)14(17)11-12/h7-8,11,15,18H,4-6,9-10H2,1-3H3. The smallest absolute Gasteiger partial charge is 0.0595 e. The Balaban J connectivity index is 2.42. The van der Waals surface area contributed by atoms with Gasteiger partial charge in [-0.05, 0) is 64.1 Å². The summed E-state index contributed by atoms with van der Waals surface area (Å²) in [6.07, 6.45) is 3.46. The molecule has 0 aliphatic carbocycles. The van der Waals surface area contributed by atoms with Gasteiger partial charge in [0.25, 0.3) is 0 Å². The van der Waals surface area contributed by atoms with Gasteiger partial charge in [0, 0.05) is 6.04 Å². The maximum absolute atomic E-state index is 6.07. The van der Waals surface area contributed by atoms with Crippen LogP contribution in [-0.2, 0) is 0 Å². The van der Waals surface area contributed by atoms with E-state index >= 15 is 0 Å². The normalized spacial score (nSPS) is 12.9. The first-order valence-electron chi connectivity index (χ1n) is 6.87. The molecule has 4 heteroatoms. The molecule has 0 bridgehead atoms. The fourth-order valence-corrected chi connectivity index (χ4v) is 2.36. The third-order valence-electron chi connectivity index (χ3n) is 3.18. The van der Waals surface area contributed by atoms with Crippen LogP contribution in [0.1, 0.15) is 37.8 Å². The molecule has 1 N–H and O–H groups in total. The summed E-state index contributed by atoms with van der Waals surface area (Å²) in [5, 5.41) is 4.83. The molecule has 108 valence electrons. The molecular weight excluding hydrogens is 279 g/mol. The molecule has 1 aromatic carbocycles. The summed E-state index contributed by atoms with van der Waals surface area (Å²) < 4.78 is 0. The Labute approximate surface area is 127 Å². The van der Waals surface area contributed by atoms with Gasteiger partial charge < -0.3 is 10.2 Å². The summed E-state index contributed by atoms with van der Waals surface area (Å²) in [6, 6.07) is 6.24. The fourth-order valence-electron chi connectivity index (χ4n) is 2.06. The van der Waals surface area contributed by atoms with Crippen LogP contribution in [0.15, 0.2) is 18.2 Å². The molecule has 0 radical (unpaired) electrons. The summed E-state index contributed by atoms with van der Waals surface area (Å²) in [5.41, 5.74) is 1.21. The zero-order valence-corrected chi connectivity index (χ0v) is 13.6. The van der Waals surface area contributed by atoms with E-state index in [1.54, 1.807) is 0 Å². The van der Waals surface area contributed by atoms with Crippen LogP contribution in [0.4, 0.5) is 0 Å². The number of rotatable bonds is 8. The highest BCUT2D eigenvalue weighted by Gasteiger charge is 2.10. The largest absolute Gasteiger partial charge is 0.310 e. The molecule has 0 aliphatic heterocycles. The molecule has 0 saturated carbocycles. The number of unbranched alkanes of at least 4 members (excludes halogenated alkanes) is 1. The highest BCUT2D eigenvalue weighted by Crippen LogP contribution is 2.26. The van der Waals surface area contributed by atoms with Crippen molar-refractivity contribution in [2.75, 3.05) is 27.2 Å².